The van der Waals surface area contributed by atoms with Crippen molar-refractivity contribution in [1.29, 1.82) is 0 Å². The first-order chi connectivity index (χ1) is 9.60. The maximum atomic E-state index is 13.2. The zero-order valence-corrected chi connectivity index (χ0v) is 11.7. The second kappa shape index (κ2) is 6.33. The molecule has 0 saturated carbocycles. The van der Waals surface area contributed by atoms with Gasteiger partial charge in [0.25, 0.3) is 0 Å². The Morgan fingerprint density at radius 1 is 1.15 bits per heavy atom. The van der Waals surface area contributed by atoms with Gasteiger partial charge in [0.1, 0.15) is 18.2 Å². The van der Waals surface area contributed by atoms with Crippen molar-refractivity contribution in [3.63, 3.8) is 0 Å². The summed E-state index contributed by atoms with van der Waals surface area (Å²) in [6.07, 6.45) is 0.489. The van der Waals surface area contributed by atoms with E-state index < -0.39 is 0 Å². The van der Waals surface area contributed by atoms with Gasteiger partial charge in [-0.2, -0.15) is 0 Å². The minimum Gasteiger partial charge on any atom is -0.489 e. The molecule has 20 heavy (non-hydrogen) atoms. The zero-order valence-electron chi connectivity index (χ0n) is 11.7. The highest BCUT2D eigenvalue weighted by molar-refractivity contribution is 5.95. The number of ketones is 1. The lowest BCUT2D eigenvalue weighted by atomic mass is 10.1. The van der Waals surface area contributed by atoms with E-state index in [1.165, 1.54) is 12.1 Å². The highest BCUT2D eigenvalue weighted by Crippen LogP contribution is 2.17. The first-order valence-corrected chi connectivity index (χ1v) is 6.61. The summed E-state index contributed by atoms with van der Waals surface area (Å²) in [6, 6.07) is 11.7. The first kappa shape index (κ1) is 14.3. The van der Waals surface area contributed by atoms with Crippen molar-refractivity contribution in [1.82, 2.24) is 0 Å². The largest absolute Gasteiger partial charge is 0.489 e. The maximum Gasteiger partial charge on any atom is 0.162 e. The van der Waals surface area contributed by atoms with Gasteiger partial charge >= 0.3 is 0 Å². The van der Waals surface area contributed by atoms with Crippen molar-refractivity contribution >= 4 is 5.78 Å². The van der Waals surface area contributed by atoms with Crippen molar-refractivity contribution in [2.24, 2.45) is 0 Å². The predicted octanol–water partition coefficient (Wildman–Crippen LogP) is 4.31. The van der Waals surface area contributed by atoms with Crippen LogP contribution in [0.1, 0.15) is 34.8 Å². The zero-order chi connectivity index (χ0) is 14.5. The van der Waals surface area contributed by atoms with E-state index >= 15 is 0 Å². The van der Waals surface area contributed by atoms with E-state index in [1.54, 1.807) is 30.3 Å². The Bertz CT molecular complexity index is 603. The molecule has 0 aliphatic carbocycles. The van der Waals surface area contributed by atoms with Crippen LogP contribution in [-0.2, 0) is 6.61 Å². The van der Waals surface area contributed by atoms with Gasteiger partial charge in [0, 0.05) is 12.0 Å². The van der Waals surface area contributed by atoms with Crippen LogP contribution in [-0.4, -0.2) is 5.78 Å². The van der Waals surface area contributed by atoms with E-state index in [9.17, 15) is 9.18 Å². The Labute approximate surface area is 118 Å². The molecule has 0 aliphatic heterocycles. The molecule has 0 unspecified atom stereocenters. The van der Waals surface area contributed by atoms with E-state index in [0.29, 0.717) is 24.3 Å². The normalized spacial score (nSPS) is 10.3. The van der Waals surface area contributed by atoms with Gasteiger partial charge in [0.05, 0.1) is 0 Å². The third kappa shape index (κ3) is 3.44. The minimum atomic E-state index is -0.266. The van der Waals surface area contributed by atoms with Crippen LogP contribution in [0.3, 0.4) is 0 Å². The first-order valence-electron chi connectivity index (χ1n) is 6.61. The highest BCUT2D eigenvalue weighted by Gasteiger charge is 2.04. The molecule has 0 radical (unpaired) electrons. The number of halogens is 1. The number of hydrogen-bond acceptors (Lipinski definition) is 2. The fourth-order valence-electron chi connectivity index (χ4n) is 1.90. The molecule has 0 aromatic heterocycles. The van der Waals surface area contributed by atoms with E-state index in [2.05, 4.69) is 0 Å². The summed E-state index contributed by atoms with van der Waals surface area (Å²) in [6.45, 7) is 4.06. The smallest absolute Gasteiger partial charge is 0.162 e. The molecule has 0 bridgehead atoms. The lowest BCUT2D eigenvalue weighted by Gasteiger charge is -2.09. The Balaban J connectivity index is 2.04. The van der Waals surface area contributed by atoms with Gasteiger partial charge < -0.3 is 4.74 Å². The third-order valence-electron chi connectivity index (χ3n) is 3.20. The van der Waals surface area contributed by atoms with Gasteiger partial charge in [-0.15, -0.1) is 0 Å². The van der Waals surface area contributed by atoms with Crippen LogP contribution in [0.15, 0.2) is 42.5 Å². The number of hydrogen-bond donors (Lipinski definition) is 0. The van der Waals surface area contributed by atoms with Crippen LogP contribution in [0.25, 0.3) is 0 Å². The molecule has 0 heterocycles. The number of rotatable bonds is 5. The van der Waals surface area contributed by atoms with Gasteiger partial charge in [-0.3, -0.25) is 4.79 Å². The minimum absolute atomic E-state index is 0.109. The number of ether oxygens (including phenoxy) is 1. The van der Waals surface area contributed by atoms with Crippen LogP contribution in [0.4, 0.5) is 4.39 Å². The van der Waals surface area contributed by atoms with Crippen LogP contribution in [0, 0.1) is 12.7 Å². The number of aryl methyl sites for hydroxylation is 1. The van der Waals surface area contributed by atoms with Gasteiger partial charge in [-0.1, -0.05) is 13.0 Å². The Morgan fingerprint density at radius 3 is 2.50 bits per heavy atom. The molecule has 0 atom stereocenters. The lowest BCUT2D eigenvalue weighted by molar-refractivity contribution is 0.0988. The van der Waals surface area contributed by atoms with Crippen LogP contribution < -0.4 is 4.74 Å². The monoisotopic (exact) mass is 272 g/mol. The molecule has 0 amide bonds. The van der Waals surface area contributed by atoms with Gasteiger partial charge in [0.15, 0.2) is 5.78 Å². The van der Waals surface area contributed by atoms with E-state index in [4.69, 9.17) is 4.74 Å². The number of carbonyl (C=O) groups excluding carboxylic acids is 1. The van der Waals surface area contributed by atoms with Crippen LogP contribution in [0.5, 0.6) is 5.75 Å². The average molecular weight is 272 g/mol. The summed E-state index contributed by atoms with van der Waals surface area (Å²) in [7, 11) is 0. The van der Waals surface area contributed by atoms with E-state index in [0.717, 1.165) is 11.1 Å². The molecule has 104 valence electrons. The van der Waals surface area contributed by atoms with Crippen LogP contribution in [0.2, 0.25) is 0 Å². The molecule has 2 aromatic carbocycles. The second-order valence-corrected chi connectivity index (χ2v) is 4.66. The van der Waals surface area contributed by atoms with Gasteiger partial charge in [0.2, 0.25) is 0 Å². The second-order valence-electron chi connectivity index (χ2n) is 4.66. The predicted molar refractivity (Wildman–Crippen MR) is 76.5 cm³/mol. The topological polar surface area (TPSA) is 26.3 Å². The lowest BCUT2D eigenvalue weighted by Crippen LogP contribution is -2.00. The van der Waals surface area contributed by atoms with Crippen molar-refractivity contribution < 1.29 is 13.9 Å². The molecular weight excluding hydrogens is 255 g/mol. The fraction of sp³-hybridized carbons (Fsp3) is 0.235. The summed E-state index contributed by atoms with van der Waals surface area (Å²) < 4.78 is 18.8. The van der Waals surface area contributed by atoms with Crippen LogP contribution >= 0.6 is 0 Å². The number of benzene rings is 2. The molecule has 0 saturated heterocycles. The van der Waals surface area contributed by atoms with Crippen molar-refractivity contribution in [3.05, 3.63) is 65.0 Å². The summed E-state index contributed by atoms with van der Waals surface area (Å²) in [4.78, 5) is 11.5. The van der Waals surface area contributed by atoms with E-state index in [-0.39, 0.29) is 11.6 Å². The van der Waals surface area contributed by atoms with E-state index in [1.807, 2.05) is 13.8 Å². The summed E-state index contributed by atoms with van der Waals surface area (Å²) in [5.41, 5.74) is 2.49. The standard InChI is InChI=1S/C17H17FO2/c1-3-17(19)13-5-8-16(9-6-13)20-11-14-10-15(18)7-4-12(14)2/h4-10H,3,11H2,1-2H3. The molecule has 0 N–H and O–H groups in total. The Hall–Kier alpha value is -2.16. The third-order valence-corrected chi connectivity index (χ3v) is 3.20. The molecule has 2 aromatic rings. The summed E-state index contributed by atoms with van der Waals surface area (Å²) in [5, 5.41) is 0. The SMILES string of the molecule is CCC(=O)c1ccc(OCc2cc(F)ccc2C)cc1. The molecule has 0 aliphatic rings. The van der Waals surface area contributed by atoms with Crippen molar-refractivity contribution in [2.45, 2.75) is 26.9 Å². The fourth-order valence-corrected chi connectivity index (χ4v) is 1.90. The van der Waals surface area contributed by atoms with Crippen molar-refractivity contribution in [2.75, 3.05) is 0 Å². The Kier molecular flexibility index (Phi) is 4.51. The molecule has 0 fully saturated rings. The summed E-state index contributed by atoms with van der Waals surface area (Å²) in [5.74, 6) is 0.511. The van der Waals surface area contributed by atoms with Gasteiger partial charge in [-0.25, -0.2) is 4.39 Å². The number of carbonyl (C=O) groups is 1. The quantitative estimate of drug-likeness (QED) is 0.758. The molecule has 0 spiro atoms. The molecule has 3 heteroatoms. The summed E-state index contributed by atoms with van der Waals surface area (Å²) >= 11 is 0. The number of Topliss-reactive ketones (excluding diaryl/α,β-unsaturated/α-hetero) is 1. The molecule has 2 rings (SSSR count). The molecule has 2 nitrogen and oxygen atoms in total. The molecular formula is C17H17FO2. The average Bonchev–Trinajstić information content (AvgIpc) is 2.48. The Morgan fingerprint density at radius 2 is 1.85 bits per heavy atom. The highest BCUT2D eigenvalue weighted by atomic mass is 19.1. The maximum absolute atomic E-state index is 13.2. The van der Waals surface area contributed by atoms with Crippen molar-refractivity contribution in [3.8, 4) is 5.75 Å². The van der Waals surface area contributed by atoms with Gasteiger partial charge in [-0.05, 0) is 54.4 Å².